The highest BCUT2D eigenvalue weighted by molar-refractivity contribution is 6.30. The summed E-state index contributed by atoms with van der Waals surface area (Å²) in [6.07, 6.45) is 2.55. The summed E-state index contributed by atoms with van der Waals surface area (Å²) >= 11 is 5.99. The van der Waals surface area contributed by atoms with Gasteiger partial charge in [-0.05, 0) is 37.0 Å². The maximum absolute atomic E-state index is 11.8. The van der Waals surface area contributed by atoms with Gasteiger partial charge in [0.25, 0.3) is 0 Å². The van der Waals surface area contributed by atoms with Crippen molar-refractivity contribution in [3.05, 3.63) is 34.9 Å². The van der Waals surface area contributed by atoms with Crippen molar-refractivity contribution in [2.45, 2.75) is 37.8 Å². The zero-order valence-corrected chi connectivity index (χ0v) is 12.3. The SMILES string of the molecule is CCC(NCC1CCCO1)(C(=O)O)c1cccc(Cl)c1. The predicted octanol–water partition coefficient (Wildman–Crippen LogP) is 2.80. The molecule has 2 rings (SSSR count). The molecule has 4 nitrogen and oxygen atoms in total. The molecule has 1 aliphatic heterocycles. The summed E-state index contributed by atoms with van der Waals surface area (Å²) < 4.78 is 5.55. The van der Waals surface area contributed by atoms with Gasteiger partial charge in [-0.15, -0.1) is 0 Å². The van der Waals surface area contributed by atoms with E-state index in [0.717, 1.165) is 19.4 Å². The largest absolute Gasteiger partial charge is 0.480 e. The maximum atomic E-state index is 11.8. The van der Waals surface area contributed by atoms with Gasteiger partial charge in [0.2, 0.25) is 0 Å². The fraction of sp³-hybridized carbons (Fsp3) is 0.533. The number of ether oxygens (including phenoxy) is 1. The molecule has 2 unspecified atom stereocenters. The minimum atomic E-state index is -1.11. The Hall–Kier alpha value is -1.10. The molecule has 1 aliphatic rings. The second kappa shape index (κ2) is 6.57. The first-order chi connectivity index (χ1) is 9.58. The molecule has 20 heavy (non-hydrogen) atoms. The quantitative estimate of drug-likeness (QED) is 0.848. The molecule has 1 aromatic rings. The first-order valence-corrected chi connectivity index (χ1v) is 7.32. The third kappa shape index (κ3) is 3.14. The van der Waals surface area contributed by atoms with Crippen LogP contribution in [0.1, 0.15) is 31.7 Å². The molecular formula is C15H20ClNO3. The minimum absolute atomic E-state index is 0.0967. The number of halogens is 1. The lowest BCUT2D eigenvalue weighted by Crippen LogP contribution is -2.51. The molecule has 0 aliphatic carbocycles. The van der Waals surface area contributed by atoms with E-state index in [2.05, 4.69) is 5.32 Å². The molecule has 110 valence electrons. The summed E-state index contributed by atoms with van der Waals surface area (Å²) in [5.41, 5.74) is -0.436. The number of carboxylic acids is 1. The smallest absolute Gasteiger partial charge is 0.328 e. The number of hydrogen-bond acceptors (Lipinski definition) is 3. The number of carboxylic acid groups (broad SMARTS) is 1. The van der Waals surface area contributed by atoms with E-state index in [9.17, 15) is 9.90 Å². The van der Waals surface area contributed by atoms with Gasteiger partial charge in [-0.25, -0.2) is 4.79 Å². The van der Waals surface area contributed by atoms with Crippen molar-refractivity contribution in [2.75, 3.05) is 13.2 Å². The number of hydrogen-bond donors (Lipinski definition) is 2. The lowest BCUT2D eigenvalue weighted by Gasteiger charge is -2.31. The molecule has 0 bridgehead atoms. The summed E-state index contributed by atoms with van der Waals surface area (Å²) in [4.78, 5) is 11.8. The van der Waals surface area contributed by atoms with Gasteiger partial charge in [0.1, 0.15) is 5.54 Å². The van der Waals surface area contributed by atoms with E-state index < -0.39 is 11.5 Å². The Labute approximate surface area is 124 Å². The van der Waals surface area contributed by atoms with E-state index in [-0.39, 0.29) is 6.10 Å². The van der Waals surface area contributed by atoms with Crippen LogP contribution in [-0.2, 0) is 15.1 Å². The number of rotatable bonds is 6. The number of aliphatic carboxylic acids is 1. The van der Waals surface area contributed by atoms with Crippen LogP contribution >= 0.6 is 11.6 Å². The van der Waals surface area contributed by atoms with Gasteiger partial charge in [0, 0.05) is 18.2 Å². The van der Waals surface area contributed by atoms with Crippen LogP contribution in [0, 0.1) is 0 Å². The van der Waals surface area contributed by atoms with E-state index in [4.69, 9.17) is 16.3 Å². The fourth-order valence-corrected chi connectivity index (χ4v) is 2.82. The Kier molecular flexibility index (Phi) is 5.02. The second-order valence-corrected chi connectivity index (χ2v) is 5.53. The highest BCUT2D eigenvalue weighted by Crippen LogP contribution is 2.28. The Morgan fingerprint density at radius 2 is 2.40 bits per heavy atom. The van der Waals surface area contributed by atoms with Crippen molar-refractivity contribution in [2.24, 2.45) is 0 Å². The molecule has 5 heteroatoms. The molecule has 0 saturated carbocycles. The monoisotopic (exact) mass is 297 g/mol. The fourth-order valence-electron chi connectivity index (χ4n) is 2.63. The van der Waals surface area contributed by atoms with Gasteiger partial charge in [-0.2, -0.15) is 0 Å². The summed E-state index contributed by atoms with van der Waals surface area (Å²) in [5.74, 6) is -0.889. The summed E-state index contributed by atoms with van der Waals surface area (Å²) in [7, 11) is 0. The van der Waals surface area contributed by atoms with Crippen molar-refractivity contribution in [1.82, 2.24) is 5.32 Å². The average molecular weight is 298 g/mol. The summed E-state index contributed by atoms with van der Waals surface area (Å²) in [6, 6.07) is 7.03. The third-order valence-corrected chi connectivity index (χ3v) is 4.10. The molecule has 0 amide bonds. The molecule has 2 N–H and O–H groups in total. The van der Waals surface area contributed by atoms with Gasteiger partial charge in [0.05, 0.1) is 6.10 Å². The van der Waals surface area contributed by atoms with E-state index in [1.165, 1.54) is 0 Å². The molecule has 1 saturated heterocycles. The van der Waals surface area contributed by atoms with Crippen LogP contribution < -0.4 is 5.32 Å². The highest BCUT2D eigenvalue weighted by Gasteiger charge is 2.39. The van der Waals surface area contributed by atoms with Crippen molar-refractivity contribution >= 4 is 17.6 Å². The van der Waals surface area contributed by atoms with Crippen molar-refractivity contribution < 1.29 is 14.6 Å². The average Bonchev–Trinajstić information content (AvgIpc) is 2.93. The molecule has 0 radical (unpaired) electrons. The van der Waals surface area contributed by atoms with Crippen molar-refractivity contribution in [1.29, 1.82) is 0 Å². The van der Waals surface area contributed by atoms with Crippen molar-refractivity contribution in [3.8, 4) is 0 Å². The number of nitrogens with one attached hydrogen (secondary N) is 1. The lowest BCUT2D eigenvalue weighted by atomic mass is 9.87. The zero-order chi connectivity index (χ0) is 14.6. The normalized spacial score (nSPS) is 21.6. The summed E-state index contributed by atoms with van der Waals surface area (Å²) in [6.45, 7) is 3.15. The van der Waals surface area contributed by atoms with Gasteiger partial charge < -0.3 is 9.84 Å². The van der Waals surface area contributed by atoms with Crippen LogP contribution in [0.3, 0.4) is 0 Å². The minimum Gasteiger partial charge on any atom is -0.480 e. The molecule has 0 aromatic heterocycles. The Morgan fingerprint density at radius 3 is 2.95 bits per heavy atom. The van der Waals surface area contributed by atoms with Crippen LogP contribution in [0.15, 0.2) is 24.3 Å². The predicted molar refractivity (Wildman–Crippen MR) is 78.0 cm³/mol. The molecule has 2 atom stereocenters. The Bertz CT molecular complexity index is 474. The first kappa shape index (κ1) is 15.3. The molecule has 1 fully saturated rings. The van der Waals surface area contributed by atoms with Crippen LogP contribution in [0.2, 0.25) is 5.02 Å². The molecular weight excluding hydrogens is 278 g/mol. The van der Waals surface area contributed by atoms with E-state index in [1.54, 1.807) is 24.3 Å². The van der Waals surface area contributed by atoms with Gasteiger partial charge >= 0.3 is 5.97 Å². The van der Waals surface area contributed by atoms with Crippen molar-refractivity contribution in [3.63, 3.8) is 0 Å². The highest BCUT2D eigenvalue weighted by atomic mass is 35.5. The molecule has 1 aromatic carbocycles. The van der Waals surface area contributed by atoms with Crippen LogP contribution in [0.4, 0.5) is 0 Å². The summed E-state index contributed by atoms with van der Waals surface area (Å²) in [5, 5.41) is 13.4. The second-order valence-electron chi connectivity index (χ2n) is 5.09. The third-order valence-electron chi connectivity index (χ3n) is 3.87. The molecule has 0 spiro atoms. The van der Waals surface area contributed by atoms with Crippen LogP contribution in [0.25, 0.3) is 0 Å². The number of benzene rings is 1. The standard InChI is InChI=1S/C15H20ClNO3/c1-2-15(14(18)19,11-5-3-6-12(16)9-11)17-10-13-7-4-8-20-13/h3,5-6,9,13,17H,2,4,7-8,10H2,1H3,(H,18,19). The van der Waals surface area contributed by atoms with Crippen LogP contribution in [0.5, 0.6) is 0 Å². The first-order valence-electron chi connectivity index (χ1n) is 6.94. The Morgan fingerprint density at radius 1 is 1.60 bits per heavy atom. The van der Waals surface area contributed by atoms with Crippen LogP contribution in [-0.4, -0.2) is 30.3 Å². The van der Waals surface area contributed by atoms with E-state index in [1.807, 2.05) is 6.92 Å². The zero-order valence-electron chi connectivity index (χ0n) is 11.6. The topological polar surface area (TPSA) is 58.6 Å². The number of carbonyl (C=O) groups is 1. The lowest BCUT2D eigenvalue weighted by molar-refractivity contribution is -0.145. The van der Waals surface area contributed by atoms with E-state index in [0.29, 0.717) is 23.6 Å². The van der Waals surface area contributed by atoms with E-state index >= 15 is 0 Å². The van der Waals surface area contributed by atoms with Gasteiger partial charge in [0.15, 0.2) is 0 Å². The van der Waals surface area contributed by atoms with Gasteiger partial charge in [-0.3, -0.25) is 5.32 Å². The maximum Gasteiger partial charge on any atom is 0.328 e. The Balaban J connectivity index is 2.22. The molecule has 1 heterocycles. The van der Waals surface area contributed by atoms with Gasteiger partial charge in [-0.1, -0.05) is 30.7 Å².